The van der Waals surface area contributed by atoms with Crippen LogP contribution in [0, 0.1) is 11.3 Å². The van der Waals surface area contributed by atoms with Crippen molar-refractivity contribution in [3.05, 3.63) is 30.0 Å². The van der Waals surface area contributed by atoms with Gasteiger partial charge in [0.25, 0.3) is 0 Å². The minimum Gasteiger partial charge on any atom is -0.443 e. The second kappa shape index (κ2) is 7.24. The van der Waals surface area contributed by atoms with Crippen molar-refractivity contribution in [2.45, 2.75) is 65.3 Å². The molecular formula is C20H27BN2O5. The number of rotatable bonds is 4. The highest BCUT2D eigenvalue weighted by molar-refractivity contribution is 6.63. The number of hydrogen-bond donors (Lipinski definition) is 2. The molecule has 0 bridgehead atoms. The summed E-state index contributed by atoms with van der Waals surface area (Å²) in [5, 5.41) is 30.7. The molecule has 1 heterocycles. The van der Waals surface area contributed by atoms with Crippen molar-refractivity contribution in [2.75, 3.05) is 0 Å². The molecule has 0 saturated heterocycles. The number of nitriles is 1. The zero-order valence-corrected chi connectivity index (χ0v) is 17.4. The molecule has 0 saturated carbocycles. The summed E-state index contributed by atoms with van der Waals surface area (Å²) in [7, 11) is -1.40. The molecule has 28 heavy (non-hydrogen) atoms. The highest BCUT2D eigenvalue weighted by atomic mass is 16.6. The zero-order valence-electron chi connectivity index (χ0n) is 17.4. The summed E-state index contributed by atoms with van der Waals surface area (Å²) >= 11 is 0. The van der Waals surface area contributed by atoms with E-state index >= 15 is 0 Å². The lowest BCUT2D eigenvalue weighted by Gasteiger charge is -2.38. The minimum absolute atomic E-state index is 0.336. The summed E-state index contributed by atoms with van der Waals surface area (Å²) in [6.45, 7) is 11.8. The van der Waals surface area contributed by atoms with E-state index in [0.29, 0.717) is 21.9 Å². The molecule has 0 atom stereocenters. The van der Waals surface area contributed by atoms with Gasteiger partial charge in [-0.2, -0.15) is 5.26 Å². The Balaban J connectivity index is 2.55. The van der Waals surface area contributed by atoms with Crippen molar-refractivity contribution >= 4 is 29.6 Å². The predicted molar refractivity (Wildman–Crippen MR) is 107 cm³/mol. The van der Waals surface area contributed by atoms with Crippen LogP contribution in [0.15, 0.2) is 24.4 Å². The molecule has 150 valence electrons. The highest BCUT2D eigenvalue weighted by Gasteiger charge is 2.40. The Morgan fingerprint density at radius 2 is 1.79 bits per heavy atom. The number of carbonyl (C=O) groups is 1. The van der Waals surface area contributed by atoms with Gasteiger partial charge in [0, 0.05) is 17.0 Å². The molecule has 2 aromatic rings. The Morgan fingerprint density at radius 1 is 1.18 bits per heavy atom. The number of ether oxygens (including phenoxy) is 1. The van der Waals surface area contributed by atoms with E-state index in [4.69, 9.17) is 9.39 Å². The molecule has 2 rings (SSSR count). The lowest BCUT2D eigenvalue weighted by Crippen LogP contribution is -2.53. The van der Waals surface area contributed by atoms with E-state index in [1.54, 1.807) is 66.7 Å². The quantitative estimate of drug-likeness (QED) is 0.783. The predicted octanol–water partition coefficient (Wildman–Crippen LogP) is 2.55. The number of aliphatic hydroxyl groups is 1. The molecule has 0 aliphatic carbocycles. The maximum absolute atomic E-state index is 12.6. The zero-order chi connectivity index (χ0) is 21.5. The fourth-order valence-electron chi connectivity index (χ4n) is 2.47. The van der Waals surface area contributed by atoms with E-state index < -0.39 is 30.0 Å². The first-order chi connectivity index (χ1) is 12.7. The van der Waals surface area contributed by atoms with E-state index in [9.17, 15) is 20.2 Å². The molecule has 0 aliphatic rings. The molecule has 0 spiro atoms. The third-order valence-corrected chi connectivity index (χ3v) is 4.70. The fraction of sp³-hybridized carbons (Fsp3) is 0.500. The third-order valence-electron chi connectivity index (χ3n) is 4.70. The first kappa shape index (κ1) is 22.0. The Labute approximate surface area is 165 Å². The molecule has 1 aromatic heterocycles. The van der Waals surface area contributed by atoms with Gasteiger partial charge >= 0.3 is 13.2 Å². The van der Waals surface area contributed by atoms with E-state index in [-0.39, 0.29) is 0 Å². The smallest absolute Gasteiger partial charge is 0.443 e. The summed E-state index contributed by atoms with van der Waals surface area (Å²) in [6, 6.07) is 6.83. The standard InChI is InChI=1S/C20H27BN2O5/c1-18(2,3)27-17(24)23-12-15(14-9-8-13(11-22)10-16(14)23)21(26)28-20(6,7)19(4,5)25/h8-10,12,25-26H,1-7H3. The number of aromatic nitrogens is 1. The summed E-state index contributed by atoms with van der Waals surface area (Å²) in [5.74, 6) is 0. The second-order valence-corrected chi connectivity index (χ2v) is 8.82. The average Bonchev–Trinajstić information content (AvgIpc) is 2.90. The topological polar surface area (TPSA) is 105 Å². The summed E-state index contributed by atoms with van der Waals surface area (Å²) in [5.41, 5.74) is -1.87. The largest absolute Gasteiger partial charge is 0.493 e. The molecule has 0 aliphatic heterocycles. The summed E-state index contributed by atoms with van der Waals surface area (Å²) < 4.78 is 12.4. The Hall–Kier alpha value is -2.34. The molecule has 2 N–H and O–H groups in total. The van der Waals surface area contributed by atoms with Gasteiger partial charge in [-0.1, -0.05) is 6.07 Å². The minimum atomic E-state index is -1.40. The molecule has 8 heteroatoms. The van der Waals surface area contributed by atoms with Crippen LogP contribution in [0.4, 0.5) is 4.79 Å². The number of carbonyl (C=O) groups excluding carboxylic acids is 1. The first-order valence-electron chi connectivity index (χ1n) is 9.03. The van der Waals surface area contributed by atoms with Gasteiger partial charge in [-0.15, -0.1) is 0 Å². The van der Waals surface area contributed by atoms with Crippen LogP contribution in [0.3, 0.4) is 0 Å². The number of benzene rings is 1. The molecular weight excluding hydrogens is 359 g/mol. The molecule has 7 nitrogen and oxygen atoms in total. The maximum Gasteiger partial charge on any atom is 0.493 e. The van der Waals surface area contributed by atoms with Gasteiger partial charge in [-0.25, -0.2) is 4.79 Å². The SMILES string of the molecule is CC(C)(C)OC(=O)n1cc(B(O)OC(C)(C)C(C)(C)O)c2ccc(C#N)cc21. The lowest BCUT2D eigenvalue weighted by molar-refractivity contribution is -0.0982. The van der Waals surface area contributed by atoms with E-state index in [1.165, 1.54) is 10.8 Å². The van der Waals surface area contributed by atoms with Gasteiger partial charge in [-0.05, 0) is 60.6 Å². The molecule has 1 aromatic carbocycles. The van der Waals surface area contributed by atoms with Crippen LogP contribution in [0.5, 0.6) is 0 Å². The van der Waals surface area contributed by atoms with Gasteiger partial charge in [0.15, 0.2) is 0 Å². The van der Waals surface area contributed by atoms with Gasteiger partial charge in [-0.3, -0.25) is 4.57 Å². The summed E-state index contributed by atoms with van der Waals surface area (Å²) in [6.07, 6.45) is 0.804. The van der Waals surface area contributed by atoms with Crippen molar-refractivity contribution in [3.63, 3.8) is 0 Å². The van der Waals surface area contributed by atoms with Crippen molar-refractivity contribution in [1.82, 2.24) is 4.57 Å². The van der Waals surface area contributed by atoms with Crippen LogP contribution in [-0.2, 0) is 9.39 Å². The van der Waals surface area contributed by atoms with Crippen LogP contribution >= 0.6 is 0 Å². The molecule has 0 fully saturated rings. The van der Waals surface area contributed by atoms with Gasteiger partial charge in [0.2, 0.25) is 0 Å². The van der Waals surface area contributed by atoms with Crippen molar-refractivity contribution in [3.8, 4) is 6.07 Å². The van der Waals surface area contributed by atoms with Gasteiger partial charge in [0.05, 0.1) is 28.4 Å². The van der Waals surface area contributed by atoms with E-state index in [2.05, 4.69) is 0 Å². The monoisotopic (exact) mass is 386 g/mol. The van der Waals surface area contributed by atoms with Crippen molar-refractivity contribution < 1.29 is 24.3 Å². The fourth-order valence-corrected chi connectivity index (χ4v) is 2.47. The van der Waals surface area contributed by atoms with Crippen LogP contribution in [-0.4, -0.2) is 44.7 Å². The Morgan fingerprint density at radius 3 is 2.29 bits per heavy atom. The van der Waals surface area contributed by atoms with Crippen LogP contribution < -0.4 is 5.46 Å². The Bertz CT molecular complexity index is 929. The van der Waals surface area contributed by atoms with Crippen LogP contribution in [0.1, 0.15) is 54.0 Å². The Kier molecular flexibility index (Phi) is 5.68. The van der Waals surface area contributed by atoms with Gasteiger partial charge in [0.1, 0.15) is 5.60 Å². The molecule has 0 amide bonds. The van der Waals surface area contributed by atoms with Gasteiger partial charge < -0.3 is 19.5 Å². The summed E-state index contributed by atoms with van der Waals surface area (Å²) in [4.78, 5) is 12.6. The lowest BCUT2D eigenvalue weighted by atomic mass is 9.76. The van der Waals surface area contributed by atoms with E-state index in [0.717, 1.165) is 0 Å². The second-order valence-electron chi connectivity index (χ2n) is 8.82. The number of fused-ring (bicyclic) bond motifs is 1. The van der Waals surface area contributed by atoms with Crippen LogP contribution in [0.25, 0.3) is 10.9 Å². The first-order valence-corrected chi connectivity index (χ1v) is 9.03. The normalized spacial score (nSPS) is 12.7. The van der Waals surface area contributed by atoms with Crippen molar-refractivity contribution in [1.29, 1.82) is 5.26 Å². The van der Waals surface area contributed by atoms with Crippen LogP contribution in [0.2, 0.25) is 0 Å². The van der Waals surface area contributed by atoms with E-state index in [1.807, 2.05) is 6.07 Å². The maximum atomic E-state index is 12.6. The third kappa shape index (κ3) is 4.55. The average molecular weight is 386 g/mol. The van der Waals surface area contributed by atoms with Crippen molar-refractivity contribution in [2.24, 2.45) is 0 Å². The number of hydrogen-bond acceptors (Lipinski definition) is 6. The molecule has 0 unspecified atom stereocenters. The highest BCUT2D eigenvalue weighted by Crippen LogP contribution is 2.26. The number of nitrogens with zero attached hydrogens (tertiary/aromatic N) is 2. The molecule has 0 radical (unpaired) electrons.